The fourth-order valence-corrected chi connectivity index (χ4v) is 5.11. The summed E-state index contributed by atoms with van der Waals surface area (Å²) in [6.07, 6.45) is 2.94. The molecule has 1 fully saturated rings. The Morgan fingerprint density at radius 2 is 2.05 bits per heavy atom. The highest BCUT2D eigenvalue weighted by Gasteiger charge is 2.39. The van der Waals surface area contributed by atoms with E-state index in [0.29, 0.717) is 12.3 Å². The molecule has 6 nitrogen and oxygen atoms in total. The zero-order chi connectivity index (χ0) is 15.1. The maximum atomic E-state index is 12.6. The molecule has 8 heteroatoms. The summed E-state index contributed by atoms with van der Waals surface area (Å²) < 4.78 is 39.6. The van der Waals surface area contributed by atoms with E-state index in [0.717, 1.165) is 0 Å². The molecule has 0 spiro atoms. The van der Waals surface area contributed by atoms with Crippen LogP contribution in [0.15, 0.2) is 17.3 Å². The lowest BCUT2D eigenvalue weighted by Crippen LogP contribution is -2.51. The Morgan fingerprint density at radius 3 is 2.55 bits per heavy atom. The second kappa shape index (κ2) is 5.23. The topological polar surface area (TPSA) is 72.3 Å². The quantitative estimate of drug-likeness (QED) is 0.833. The van der Waals surface area contributed by atoms with E-state index in [1.165, 1.54) is 10.5 Å². The normalized spacial score (nSPS) is 24.1. The fourth-order valence-electron chi connectivity index (χ4n) is 2.13. The molecule has 0 bridgehead atoms. The molecule has 1 atom stereocenters. The van der Waals surface area contributed by atoms with Crippen LogP contribution < -0.4 is 0 Å². The molecule has 0 aliphatic carbocycles. The van der Waals surface area contributed by atoms with E-state index in [1.54, 1.807) is 10.9 Å². The molecule has 114 valence electrons. The highest BCUT2D eigenvalue weighted by atomic mass is 32.2. The third kappa shape index (κ3) is 2.82. The Morgan fingerprint density at radius 1 is 1.40 bits per heavy atom. The summed E-state index contributed by atoms with van der Waals surface area (Å²) in [6.45, 7) is 8.12. The number of aromatic nitrogens is 2. The molecule has 0 radical (unpaired) electrons. The Hall–Kier alpha value is -0.730. The van der Waals surface area contributed by atoms with Gasteiger partial charge in [-0.15, -0.1) is 0 Å². The monoisotopic (exact) mass is 319 g/mol. The third-order valence-electron chi connectivity index (χ3n) is 3.44. The zero-order valence-corrected chi connectivity index (χ0v) is 13.9. The molecule has 0 N–H and O–H groups in total. The molecule has 1 aliphatic heterocycles. The number of hydrogen-bond donors (Lipinski definition) is 0. The minimum Gasteiger partial charge on any atom is -0.269 e. The lowest BCUT2D eigenvalue weighted by molar-refractivity contribution is 0.378. The highest BCUT2D eigenvalue weighted by molar-refractivity contribution is 7.89. The van der Waals surface area contributed by atoms with Crippen LogP contribution in [0.3, 0.4) is 0 Å². The zero-order valence-electron chi connectivity index (χ0n) is 12.2. The van der Waals surface area contributed by atoms with Crippen LogP contribution in [0.25, 0.3) is 0 Å². The first-order valence-electron chi connectivity index (χ1n) is 6.57. The van der Waals surface area contributed by atoms with Gasteiger partial charge in [0.05, 0.1) is 10.9 Å². The molecule has 0 aromatic carbocycles. The van der Waals surface area contributed by atoms with Crippen LogP contribution in [-0.4, -0.2) is 50.3 Å². The van der Waals surface area contributed by atoms with Crippen LogP contribution >= 0.6 is 0 Å². The predicted molar refractivity (Wildman–Crippen MR) is 78.5 cm³/mol. The fraction of sp³-hybridized carbons (Fsp3) is 0.750. The average molecular weight is 319 g/mol. The lowest BCUT2D eigenvalue weighted by atomic mass is 10.2. The molecule has 0 amide bonds. The molecule has 0 unspecified atom stereocenters. The Bertz CT molecular complexity index is 620. The van der Waals surface area contributed by atoms with Crippen molar-refractivity contribution in [3.63, 3.8) is 0 Å². The smallest absolute Gasteiger partial charge is 0.246 e. The van der Waals surface area contributed by atoms with Crippen molar-refractivity contribution in [2.24, 2.45) is 0 Å². The molecule has 2 rings (SSSR count). The van der Waals surface area contributed by atoms with Gasteiger partial charge in [-0.25, -0.2) is 8.42 Å². The first kappa shape index (κ1) is 15.7. The second-order valence-electron chi connectivity index (χ2n) is 5.90. The largest absolute Gasteiger partial charge is 0.269 e. The van der Waals surface area contributed by atoms with Crippen molar-refractivity contribution >= 4 is 20.8 Å². The summed E-state index contributed by atoms with van der Waals surface area (Å²) in [7, 11) is -4.55. The van der Waals surface area contributed by atoms with Crippen LogP contribution in [0.5, 0.6) is 0 Å². The Balaban J connectivity index is 2.28. The van der Waals surface area contributed by atoms with Crippen LogP contribution in [0.4, 0.5) is 0 Å². The van der Waals surface area contributed by atoms with Gasteiger partial charge in [-0.1, -0.05) is 0 Å². The van der Waals surface area contributed by atoms with Crippen molar-refractivity contribution in [3.8, 4) is 0 Å². The van der Waals surface area contributed by atoms with Gasteiger partial charge in [0, 0.05) is 41.9 Å². The van der Waals surface area contributed by atoms with Gasteiger partial charge in [-0.2, -0.15) is 9.40 Å². The van der Waals surface area contributed by atoms with Gasteiger partial charge in [0.15, 0.2) is 0 Å². The molecular formula is C12H21N3O3S2. The molecule has 1 saturated heterocycles. The maximum Gasteiger partial charge on any atom is 0.246 e. The second-order valence-corrected chi connectivity index (χ2v) is 10.0. The van der Waals surface area contributed by atoms with E-state index in [-0.39, 0.29) is 17.5 Å². The van der Waals surface area contributed by atoms with E-state index in [9.17, 15) is 12.6 Å². The standard InChI is InChI=1S/C12H21N3O3S2/c1-10(2)15-8-11(7-13-15)20(17,18)14-5-6-19(16)12(3,4)9-14/h7-8,10H,5-6,9H2,1-4H3/t19-/m1/s1. The van der Waals surface area contributed by atoms with E-state index in [1.807, 2.05) is 27.7 Å². The van der Waals surface area contributed by atoms with Crippen molar-refractivity contribution in [2.45, 2.75) is 43.4 Å². The van der Waals surface area contributed by atoms with Gasteiger partial charge in [0.2, 0.25) is 10.0 Å². The van der Waals surface area contributed by atoms with E-state index in [4.69, 9.17) is 0 Å². The van der Waals surface area contributed by atoms with Gasteiger partial charge in [-0.05, 0) is 27.7 Å². The summed E-state index contributed by atoms with van der Waals surface area (Å²) in [5, 5.41) is 4.08. The van der Waals surface area contributed by atoms with Crippen molar-refractivity contribution in [1.82, 2.24) is 14.1 Å². The lowest BCUT2D eigenvalue weighted by Gasteiger charge is -2.36. The molecular weight excluding hydrogens is 298 g/mol. The highest BCUT2D eigenvalue weighted by Crippen LogP contribution is 2.25. The van der Waals surface area contributed by atoms with Crippen LogP contribution in [0.1, 0.15) is 33.7 Å². The van der Waals surface area contributed by atoms with Crippen LogP contribution in [-0.2, 0) is 20.8 Å². The number of rotatable bonds is 3. The summed E-state index contributed by atoms with van der Waals surface area (Å²) >= 11 is 0. The summed E-state index contributed by atoms with van der Waals surface area (Å²) in [6, 6.07) is 0.115. The SMILES string of the molecule is CC(C)n1cc(S(=O)(=O)N2CC[S@@](=O)C(C)(C)C2)cn1. The molecule has 0 saturated carbocycles. The predicted octanol–water partition coefficient (Wildman–Crippen LogP) is 0.996. The molecule has 2 heterocycles. The van der Waals surface area contributed by atoms with Crippen molar-refractivity contribution in [2.75, 3.05) is 18.8 Å². The van der Waals surface area contributed by atoms with Gasteiger partial charge in [0.25, 0.3) is 0 Å². The molecule has 1 aromatic heterocycles. The van der Waals surface area contributed by atoms with E-state index < -0.39 is 25.6 Å². The van der Waals surface area contributed by atoms with Crippen LogP contribution in [0, 0.1) is 0 Å². The number of sulfonamides is 1. The Kier molecular flexibility index (Phi) is 4.10. The van der Waals surface area contributed by atoms with Crippen molar-refractivity contribution in [1.29, 1.82) is 0 Å². The van der Waals surface area contributed by atoms with Crippen molar-refractivity contribution in [3.05, 3.63) is 12.4 Å². The van der Waals surface area contributed by atoms with Gasteiger partial charge < -0.3 is 0 Å². The first-order valence-corrected chi connectivity index (χ1v) is 9.33. The third-order valence-corrected chi connectivity index (χ3v) is 7.16. The van der Waals surface area contributed by atoms with E-state index >= 15 is 0 Å². The van der Waals surface area contributed by atoms with Crippen LogP contribution in [0.2, 0.25) is 0 Å². The first-order chi connectivity index (χ1) is 9.14. The van der Waals surface area contributed by atoms with E-state index in [2.05, 4.69) is 5.10 Å². The summed E-state index contributed by atoms with van der Waals surface area (Å²) in [5.41, 5.74) is 0. The molecule has 20 heavy (non-hydrogen) atoms. The Labute approximate surface area is 122 Å². The summed E-state index contributed by atoms with van der Waals surface area (Å²) in [4.78, 5) is 0.203. The minimum atomic E-state index is -3.55. The van der Waals surface area contributed by atoms with Gasteiger partial charge >= 0.3 is 0 Å². The summed E-state index contributed by atoms with van der Waals surface area (Å²) in [5.74, 6) is 0.380. The number of hydrogen-bond acceptors (Lipinski definition) is 4. The van der Waals surface area contributed by atoms with Gasteiger partial charge in [-0.3, -0.25) is 8.89 Å². The van der Waals surface area contributed by atoms with Crippen molar-refractivity contribution < 1.29 is 12.6 Å². The van der Waals surface area contributed by atoms with Gasteiger partial charge in [0.1, 0.15) is 4.90 Å². The number of nitrogens with zero attached hydrogens (tertiary/aromatic N) is 3. The maximum absolute atomic E-state index is 12.6. The average Bonchev–Trinajstić information content (AvgIpc) is 2.82. The molecule has 1 aliphatic rings. The minimum absolute atomic E-state index is 0.115. The molecule has 1 aromatic rings.